The molecule has 0 radical (unpaired) electrons. The van der Waals surface area contributed by atoms with Crippen molar-refractivity contribution in [1.82, 2.24) is 10.6 Å². The van der Waals surface area contributed by atoms with Gasteiger partial charge in [0.25, 0.3) is 0 Å². The lowest BCUT2D eigenvalue weighted by molar-refractivity contribution is -0.121. The van der Waals surface area contributed by atoms with Gasteiger partial charge in [-0.05, 0) is 32.9 Å². The van der Waals surface area contributed by atoms with Crippen LogP contribution in [0.2, 0.25) is 0 Å². The highest BCUT2D eigenvalue weighted by molar-refractivity contribution is 5.75. The minimum Gasteiger partial charge on any atom is -0.493 e. The summed E-state index contributed by atoms with van der Waals surface area (Å²) in [5, 5.41) is 6.06. The van der Waals surface area contributed by atoms with Crippen LogP contribution in [0.4, 0.5) is 0 Å². The number of rotatable bonds is 8. The summed E-state index contributed by atoms with van der Waals surface area (Å²) in [7, 11) is 1.64. The zero-order valence-electron chi connectivity index (χ0n) is 13.0. The standard InChI is InChI=1S/C16H26N2O2/c1-5-9-18-13(3)14-11-12(2)6-7-15(14)20-10-8-16(19)17-4/h6-7,11,13,18H,5,8-10H2,1-4H3,(H,17,19). The maximum Gasteiger partial charge on any atom is 0.223 e. The van der Waals surface area contributed by atoms with Crippen LogP contribution in [0.5, 0.6) is 5.75 Å². The summed E-state index contributed by atoms with van der Waals surface area (Å²) < 4.78 is 5.76. The lowest BCUT2D eigenvalue weighted by Gasteiger charge is -2.19. The third-order valence-electron chi connectivity index (χ3n) is 3.20. The smallest absolute Gasteiger partial charge is 0.223 e. The van der Waals surface area contributed by atoms with Crippen molar-refractivity contribution in [2.45, 2.75) is 39.7 Å². The quantitative estimate of drug-likeness (QED) is 0.768. The normalized spacial score (nSPS) is 12.0. The van der Waals surface area contributed by atoms with Gasteiger partial charge < -0.3 is 15.4 Å². The van der Waals surface area contributed by atoms with E-state index >= 15 is 0 Å². The average molecular weight is 278 g/mol. The van der Waals surface area contributed by atoms with E-state index in [4.69, 9.17) is 4.74 Å². The van der Waals surface area contributed by atoms with Crippen LogP contribution < -0.4 is 15.4 Å². The molecule has 0 fully saturated rings. The van der Waals surface area contributed by atoms with E-state index < -0.39 is 0 Å². The van der Waals surface area contributed by atoms with Gasteiger partial charge in [-0.15, -0.1) is 0 Å². The van der Waals surface area contributed by atoms with Crippen molar-refractivity contribution in [3.63, 3.8) is 0 Å². The molecule has 0 aliphatic rings. The zero-order chi connectivity index (χ0) is 15.0. The molecule has 0 saturated heterocycles. The fraction of sp³-hybridized carbons (Fsp3) is 0.562. The van der Waals surface area contributed by atoms with E-state index in [1.54, 1.807) is 7.05 Å². The lowest BCUT2D eigenvalue weighted by Crippen LogP contribution is -2.22. The van der Waals surface area contributed by atoms with Gasteiger partial charge in [-0.2, -0.15) is 0 Å². The molecule has 4 heteroatoms. The highest BCUT2D eigenvalue weighted by Gasteiger charge is 2.12. The van der Waals surface area contributed by atoms with E-state index in [9.17, 15) is 4.79 Å². The highest BCUT2D eigenvalue weighted by Crippen LogP contribution is 2.26. The number of aryl methyl sites for hydroxylation is 1. The van der Waals surface area contributed by atoms with E-state index in [-0.39, 0.29) is 11.9 Å². The Morgan fingerprint density at radius 2 is 2.15 bits per heavy atom. The van der Waals surface area contributed by atoms with E-state index in [1.165, 1.54) is 5.56 Å². The van der Waals surface area contributed by atoms with Crippen molar-refractivity contribution in [2.75, 3.05) is 20.2 Å². The van der Waals surface area contributed by atoms with Crippen LogP contribution in [0.15, 0.2) is 18.2 Å². The summed E-state index contributed by atoms with van der Waals surface area (Å²) in [5.41, 5.74) is 2.36. The molecule has 20 heavy (non-hydrogen) atoms. The Kier molecular flexibility index (Phi) is 7.09. The molecular weight excluding hydrogens is 252 g/mol. The van der Waals surface area contributed by atoms with E-state index in [1.807, 2.05) is 12.1 Å². The molecule has 1 unspecified atom stereocenters. The van der Waals surface area contributed by atoms with Gasteiger partial charge >= 0.3 is 0 Å². The van der Waals surface area contributed by atoms with Crippen LogP contribution in [0.1, 0.15) is 43.9 Å². The van der Waals surface area contributed by atoms with Crippen molar-refractivity contribution in [1.29, 1.82) is 0 Å². The first-order valence-corrected chi connectivity index (χ1v) is 7.25. The molecule has 1 atom stereocenters. The first-order chi connectivity index (χ1) is 9.58. The number of benzene rings is 1. The molecule has 0 aliphatic carbocycles. The zero-order valence-corrected chi connectivity index (χ0v) is 13.0. The van der Waals surface area contributed by atoms with Crippen molar-refractivity contribution in [3.05, 3.63) is 29.3 Å². The highest BCUT2D eigenvalue weighted by atomic mass is 16.5. The van der Waals surface area contributed by atoms with Crippen LogP contribution in [0.3, 0.4) is 0 Å². The summed E-state index contributed by atoms with van der Waals surface area (Å²) >= 11 is 0. The number of amides is 1. The Balaban J connectivity index is 2.71. The molecular formula is C16H26N2O2. The summed E-state index contributed by atoms with van der Waals surface area (Å²) in [5.74, 6) is 0.853. The van der Waals surface area contributed by atoms with Crippen LogP contribution in [0.25, 0.3) is 0 Å². The Bertz CT molecular complexity index is 432. The van der Waals surface area contributed by atoms with E-state index in [2.05, 4.69) is 37.5 Å². The second-order valence-electron chi connectivity index (χ2n) is 4.99. The number of carbonyl (C=O) groups is 1. The first-order valence-electron chi connectivity index (χ1n) is 7.25. The molecule has 112 valence electrons. The van der Waals surface area contributed by atoms with Gasteiger partial charge in [0.05, 0.1) is 13.0 Å². The van der Waals surface area contributed by atoms with Gasteiger partial charge in [0.2, 0.25) is 5.91 Å². The summed E-state index contributed by atoms with van der Waals surface area (Å²) in [6.07, 6.45) is 1.48. The average Bonchev–Trinajstić information content (AvgIpc) is 2.45. The molecule has 0 bridgehead atoms. The molecule has 0 aliphatic heterocycles. The van der Waals surface area contributed by atoms with Gasteiger partial charge in [0.1, 0.15) is 5.75 Å². The second-order valence-corrected chi connectivity index (χ2v) is 4.99. The van der Waals surface area contributed by atoms with Gasteiger partial charge in [-0.25, -0.2) is 0 Å². The molecule has 1 rings (SSSR count). The molecule has 0 heterocycles. The van der Waals surface area contributed by atoms with Crippen molar-refractivity contribution in [2.24, 2.45) is 0 Å². The van der Waals surface area contributed by atoms with Crippen LogP contribution >= 0.6 is 0 Å². The summed E-state index contributed by atoms with van der Waals surface area (Å²) in [4.78, 5) is 11.2. The first kappa shape index (κ1) is 16.5. The topological polar surface area (TPSA) is 50.4 Å². The molecule has 1 aromatic carbocycles. The molecule has 0 spiro atoms. The van der Waals surface area contributed by atoms with E-state index in [0.717, 1.165) is 24.3 Å². The predicted molar refractivity (Wildman–Crippen MR) is 82.1 cm³/mol. The minimum absolute atomic E-state index is 0.00387. The lowest BCUT2D eigenvalue weighted by atomic mass is 10.0. The van der Waals surface area contributed by atoms with Gasteiger partial charge in [0, 0.05) is 18.7 Å². The summed E-state index contributed by atoms with van der Waals surface area (Å²) in [6, 6.07) is 6.40. The predicted octanol–water partition coefficient (Wildman–Crippen LogP) is 2.57. The minimum atomic E-state index is -0.00387. The number of hydrogen-bond acceptors (Lipinski definition) is 3. The Morgan fingerprint density at radius 1 is 1.40 bits per heavy atom. The van der Waals surface area contributed by atoms with Gasteiger partial charge in [-0.3, -0.25) is 4.79 Å². The monoisotopic (exact) mass is 278 g/mol. The van der Waals surface area contributed by atoms with Crippen LogP contribution in [-0.4, -0.2) is 26.1 Å². The fourth-order valence-electron chi connectivity index (χ4n) is 1.99. The van der Waals surface area contributed by atoms with Crippen LogP contribution in [0, 0.1) is 6.92 Å². The van der Waals surface area contributed by atoms with Crippen LogP contribution in [-0.2, 0) is 4.79 Å². The molecule has 1 amide bonds. The number of ether oxygens (including phenoxy) is 1. The van der Waals surface area contributed by atoms with Gasteiger partial charge in [-0.1, -0.05) is 24.6 Å². The molecule has 0 aromatic heterocycles. The van der Waals surface area contributed by atoms with Gasteiger partial charge in [0.15, 0.2) is 0 Å². The second kappa shape index (κ2) is 8.59. The molecule has 1 aromatic rings. The maximum atomic E-state index is 11.2. The Morgan fingerprint density at radius 3 is 2.80 bits per heavy atom. The molecule has 2 N–H and O–H groups in total. The van der Waals surface area contributed by atoms with E-state index in [0.29, 0.717) is 13.0 Å². The SMILES string of the molecule is CCCNC(C)c1cc(C)ccc1OCCC(=O)NC. The summed E-state index contributed by atoms with van der Waals surface area (Å²) in [6.45, 7) is 7.74. The third kappa shape index (κ3) is 5.21. The Labute approximate surface area is 121 Å². The molecule has 0 saturated carbocycles. The largest absolute Gasteiger partial charge is 0.493 e. The maximum absolute atomic E-state index is 11.2. The molecule has 4 nitrogen and oxygen atoms in total. The van der Waals surface area contributed by atoms with Crippen molar-refractivity contribution in [3.8, 4) is 5.75 Å². The number of nitrogens with one attached hydrogen (secondary N) is 2. The third-order valence-corrected chi connectivity index (χ3v) is 3.20. The van der Waals surface area contributed by atoms with Crippen molar-refractivity contribution >= 4 is 5.91 Å². The fourth-order valence-corrected chi connectivity index (χ4v) is 1.99. The van der Waals surface area contributed by atoms with Crippen molar-refractivity contribution < 1.29 is 9.53 Å². The number of hydrogen-bond donors (Lipinski definition) is 2. The number of carbonyl (C=O) groups excluding carboxylic acids is 1. The Hall–Kier alpha value is -1.55.